The summed E-state index contributed by atoms with van der Waals surface area (Å²) in [5.41, 5.74) is 7.42. The Morgan fingerprint density at radius 3 is 2.82 bits per heavy atom. The predicted molar refractivity (Wildman–Crippen MR) is 119 cm³/mol. The molecule has 152 valence electrons. The summed E-state index contributed by atoms with van der Waals surface area (Å²) in [4.78, 5) is 16.7. The molecule has 2 aromatic rings. The molecule has 1 aromatic heterocycles. The van der Waals surface area contributed by atoms with Crippen molar-refractivity contribution in [3.8, 4) is 0 Å². The van der Waals surface area contributed by atoms with Gasteiger partial charge < -0.3 is 15.5 Å². The standard InChI is InChI=1S/C21H30N4OS2/c22-18(21(26)25-13-14-27-15-25)6-3-4-10-24-11-8-16(9-12-24)20-17-5-1-2-7-19(17)28-23-20/h1-2,5,7,16,18H,3-4,6,8-15,22H2. The SMILES string of the molecule is NC(CCCCN1CCC(c2nsc3ccccc23)CC1)C(=O)N1CCSC1. The van der Waals surface area contributed by atoms with Crippen LogP contribution in [0.25, 0.3) is 10.1 Å². The van der Waals surface area contributed by atoms with Crippen LogP contribution in [0.1, 0.15) is 43.7 Å². The molecular formula is C21H30N4OS2. The Hall–Kier alpha value is -1.15. The zero-order valence-electron chi connectivity index (χ0n) is 16.4. The fraction of sp³-hybridized carbons (Fsp3) is 0.619. The highest BCUT2D eigenvalue weighted by molar-refractivity contribution is 7.99. The first-order chi connectivity index (χ1) is 13.7. The first kappa shape index (κ1) is 20.1. The lowest BCUT2D eigenvalue weighted by Crippen LogP contribution is -2.42. The number of benzene rings is 1. The third-order valence-electron chi connectivity index (χ3n) is 6.00. The molecule has 0 spiro atoms. The minimum absolute atomic E-state index is 0.140. The molecule has 7 heteroatoms. The predicted octanol–water partition coefficient (Wildman–Crippen LogP) is 3.51. The quantitative estimate of drug-likeness (QED) is 0.697. The molecule has 2 N–H and O–H groups in total. The Balaban J connectivity index is 1.16. The number of piperidine rings is 1. The Kier molecular flexibility index (Phi) is 6.88. The Labute approximate surface area is 175 Å². The van der Waals surface area contributed by atoms with Gasteiger partial charge in [0.25, 0.3) is 0 Å². The fourth-order valence-electron chi connectivity index (χ4n) is 4.28. The molecule has 2 fully saturated rings. The average Bonchev–Trinajstić information content (AvgIpc) is 3.41. The molecule has 4 rings (SSSR count). The van der Waals surface area contributed by atoms with Gasteiger partial charge in [0.1, 0.15) is 0 Å². The first-order valence-corrected chi connectivity index (χ1v) is 12.3. The number of aromatic nitrogens is 1. The van der Waals surface area contributed by atoms with Crippen LogP contribution >= 0.6 is 23.3 Å². The van der Waals surface area contributed by atoms with Crippen LogP contribution in [0, 0.1) is 0 Å². The number of hydrogen-bond donors (Lipinski definition) is 1. The van der Waals surface area contributed by atoms with Crippen LogP contribution in [0.2, 0.25) is 0 Å². The highest BCUT2D eigenvalue weighted by atomic mass is 32.2. The number of carbonyl (C=O) groups is 1. The summed E-state index contributed by atoms with van der Waals surface area (Å²) < 4.78 is 6.06. The van der Waals surface area contributed by atoms with Gasteiger partial charge in [-0.3, -0.25) is 4.79 Å². The maximum atomic E-state index is 12.3. The fourth-order valence-corrected chi connectivity index (χ4v) is 6.09. The van der Waals surface area contributed by atoms with Crippen LogP contribution in [0.15, 0.2) is 24.3 Å². The second kappa shape index (κ2) is 9.57. The zero-order chi connectivity index (χ0) is 19.3. The van der Waals surface area contributed by atoms with Gasteiger partial charge in [0.15, 0.2) is 0 Å². The molecule has 1 atom stereocenters. The molecule has 2 saturated heterocycles. The Bertz CT molecular complexity index is 782. The molecule has 0 aliphatic carbocycles. The molecule has 0 radical (unpaired) electrons. The summed E-state index contributed by atoms with van der Waals surface area (Å²) >= 11 is 3.45. The zero-order valence-corrected chi connectivity index (χ0v) is 18.0. The van der Waals surface area contributed by atoms with Gasteiger partial charge in [-0.25, -0.2) is 0 Å². The van der Waals surface area contributed by atoms with E-state index in [0.717, 1.165) is 57.1 Å². The molecular weight excluding hydrogens is 388 g/mol. The Morgan fingerprint density at radius 2 is 2.04 bits per heavy atom. The van der Waals surface area contributed by atoms with E-state index in [1.165, 1.54) is 28.6 Å². The van der Waals surface area contributed by atoms with Gasteiger partial charge in [0.2, 0.25) is 5.91 Å². The van der Waals surface area contributed by atoms with E-state index in [9.17, 15) is 4.79 Å². The summed E-state index contributed by atoms with van der Waals surface area (Å²) in [7, 11) is 0. The van der Waals surface area contributed by atoms with Gasteiger partial charge in [-0.1, -0.05) is 24.6 Å². The first-order valence-electron chi connectivity index (χ1n) is 10.4. The van der Waals surface area contributed by atoms with Crippen molar-refractivity contribution < 1.29 is 4.79 Å². The van der Waals surface area contributed by atoms with E-state index in [2.05, 4.69) is 29.2 Å². The van der Waals surface area contributed by atoms with Crippen molar-refractivity contribution in [1.82, 2.24) is 14.2 Å². The minimum Gasteiger partial charge on any atom is -0.331 e. The summed E-state index contributed by atoms with van der Waals surface area (Å²) in [6, 6.07) is 8.28. The van der Waals surface area contributed by atoms with Gasteiger partial charge in [-0.2, -0.15) is 4.37 Å². The Morgan fingerprint density at radius 1 is 1.21 bits per heavy atom. The number of likely N-dealkylation sites (tertiary alicyclic amines) is 1. The van der Waals surface area contributed by atoms with E-state index in [1.807, 2.05) is 16.7 Å². The summed E-state index contributed by atoms with van der Waals surface area (Å²) in [5.74, 6) is 2.60. The van der Waals surface area contributed by atoms with Gasteiger partial charge in [-0.05, 0) is 62.9 Å². The van der Waals surface area contributed by atoms with Crippen LogP contribution in [0.5, 0.6) is 0 Å². The van der Waals surface area contributed by atoms with E-state index in [0.29, 0.717) is 5.92 Å². The number of rotatable bonds is 7. The van der Waals surface area contributed by atoms with Gasteiger partial charge in [0, 0.05) is 23.6 Å². The minimum atomic E-state index is -0.317. The smallest absolute Gasteiger partial charge is 0.240 e. The van der Waals surface area contributed by atoms with E-state index < -0.39 is 0 Å². The summed E-state index contributed by atoms with van der Waals surface area (Å²) in [6.07, 6.45) is 5.35. The number of fused-ring (bicyclic) bond motifs is 1. The van der Waals surface area contributed by atoms with Crippen molar-refractivity contribution in [3.05, 3.63) is 30.0 Å². The van der Waals surface area contributed by atoms with Gasteiger partial charge in [0.05, 0.1) is 22.3 Å². The molecule has 1 unspecified atom stereocenters. The van der Waals surface area contributed by atoms with Crippen LogP contribution in [0.3, 0.4) is 0 Å². The molecule has 5 nitrogen and oxygen atoms in total. The lowest BCUT2D eigenvalue weighted by atomic mass is 9.91. The van der Waals surface area contributed by atoms with Crippen molar-refractivity contribution in [2.24, 2.45) is 5.73 Å². The van der Waals surface area contributed by atoms with Crippen molar-refractivity contribution >= 4 is 39.3 Å². The second-order valence-electron chi connectivity index (χ2n) is 7.92. The second-order valence-corrected chi connectivity index (χ2v) is 9.80. The molecule has 1 aromatic carbocycles. The van der Waals surface area contributed by atoms with E-state index in [1.54, 1.807) is 11.5 Å². The van der Waals surface area contributed by atoms with Crippen LogP contribution in [-0.4, -0.2) is 63.9 Å². The van der Waals surface area contributed by atoms with E-state index in [4.69, 9.17) is 10.1 Å². The average molecular weight is 419 g/mol. The molecule has 2 aliphatic heterocycles. The van der Waals surface area contributed by atoms with E-state index >= 15 is 0 Å². The highest BCUT2D eigenvalue weighted by Crippen LogP contribution is 2.34. The highest BCUT2D eigenvalue weighted by Gasteiger charge is 2.25. The van der Waals surface area contributed by atoms with Crippen LogP contribution in [0.4, 0.5) is 0 Å². The normalized spacial score (nSPS) is 20.1. The topological polar surface area (TPSA) is 62.5 Å². The van der Waals surface area contributed by atoms with Crippen LogP contribution in [-0.2, 0) is 4.79 Å². The summed E-state index contributed by atoms with van der Waals surface area (Å²) in [6.45, 7) is 4.27. The molecule has 3 heterocycles. The summed E-state index contributed by atoms with van der Waals surface area (Å²) in [5, 5.41) is 1.35. The number of unbranched alkanes of at least 4 members (excludes halogenated alkanes) is 1. The molecule has 1 amide bonds. The number of hydrogen-bond acceptors (Lipinski definition) is 6. The third kappa shape index (κ3) is 4.70. The lowest BCUT2D eigenvalue weighted by Gasteiger charge is -2.31. The van der Waals surface area contributed by atoms with Crippen molar-refractivity contribution in [2.45, 2.75) is 44.1 Å². The molecule has 0 bridgehead atoms. The number of thioether (sulfide) groups is 1. The van der Waals surface area contributed by atoms with Crippen molar-refractivity contribution in [2.75, 3.05) is 37.8 Å². The molecule has 0 saturated carbocycles. The maximum Gasteiger partial charge on any atom is 0.240 e. The lowest BCUT2D eigenvalue weighted by molar-refractivity contribution is -0.131. The van der Waals surface area contributed by atoms with E-state index in [-0.39, 0.29) is 11.9 Å². The van der Waals surface area contributed by atoms with Gasteiger partial charge in [-0.15, -0.1) is 11.8 Å². The van der Waals surface area contributed by atoms with Crippen LogP contribution < -0.4 is 5.73 Å². The third-order valence-corrected chi connectivity index (χ3v) is 7.81. The van der Waals surface area contributed by atoms with Gasteiger partial charge >= 0.3 is 0 Å². The van der Waals surface area contributed by atoms with Crippen molar-refractivity contribution in [3.63, 3.8) is 0 Å². The number of nitrogens with two attached hydrogens (primary N) is 1. The number of amides is 1. The maximum absolute atomic E-state index is 12.3. The number of nitrogens with zero attached hydrogens (tertiary/aromatic N) is 3. The number of carbonyl (C=O) groups excluding carboxylic acids is 1. The monoisotopic (exact) mass is 418 g/mol. The largest absolute Gasteiger partial charge is 0.331 e. The molecule has 28 heavy (non-hydrogen) atoms. The molecule has 2 aliphatic rings. The van der Waals surface area contributed by atoms with Crippen molar-refractivity contribution in [1.29, 1.82) is 0 Å².